The van der Waals surface area contributed by atoms with Gasteiger partial charge in [0, 0.05) is 5.56 Å². The van der Waals surface area contributed by atoms with Crippen molar-refractivity contribution in [3.8, 4) is 0 Å². The van der Waals surface area contributed by atoms with Crippen LogP contribution in [0.1, 0.15) is 21.5 Å². The lowest BCUT2D eigenvalue weighted by molar-refractivity contribution is 0.100. The summed E-state index contributed by atoms with van der Waals surface area (Å²) < 4.78 is 12.5. The highest BCUT2D eigenvalue weighted by Gasteiger charge is 2.11. The van der Waals surface area contributed by atoms with Gasteiger partial charge in [0.05, 0.1) is 0 Å². The van der Waals surface area contributed by atoms with Crippen LogP contribution >= 0.6 is 0 Å². The Kier molecular flexibility index (Phi) is 2.61. The van der Waals surface area contributed by atoms with Crippen molar-refractivity contribution in [1.82, 2.24) is 0 Å². The fourth-order valence-corrected chi connectivity index (χ4v) is 1.21. The second-order valence-electron chi connectivity index (χ2n) is 3.05. The van der Waals surface area contributed by atoms with Gasteiger partial charge in [0.2, 0.25) is 5.78 Å². The summed E-state index contributed by atoms with van der Waals surface area (Å²) in [6.45, 7) is 6.68. The quantitative estimate of drug-likeness (QED) is 0.502. The lowest BCUT2D eigenvalue weighted by atomic mass is 10.0. The first-order chi connectivity index (χ1) is 6.02. The zero-order valence-electron chi connectivity index (χ0n) is 7.73. The molecular weight excluding hydrogens is 167 g/mol. The number of aryl methyl sites for hydroxylation is 2. The maximum Gasteiger partial charge on any atom is 0.220 e. The van der Waals surface area contributed by atoms with Crippen molar-refractivity contribution >= 4 is 5.78 Å². The van der Waals surface area contributed by atoms with Crippen LogP contribution < -0.4 is 0 Å². The standard InChI is InChI=1S/C11H11FO/c1-7-4-5-10(8(2)6-7)11(13)9(3)12/h4-6H,3H2,1-2H3. The second kappa shape index (κ2) is 3.52. The number of hydrogen-bond donors (Lipinski definition) is 0. The summed E-state index contributed by atoms with van der Waals surface area (Å²) in [6.07, 6.45) is 0. The Morgan fingerprint density at radius 2 is 2.00 bits per heavy atom. The molecule has 1 aromatic carbocycles. The van der Waals surface area contributed by atoms with E-state index >= 15 is 0 Å². The Labute approximate surface area is 76.9 Å². The number of rotatable bonds is 2. The number of carbonyl (C=O) groups is 1. The molecule has 0 saturated carbocycles. The molecule has 1 nitrogen and oxygen atoms in total. The van der Waals surface area contributed by atoms with E-state index in [9.17, 15) is 9.18 Å². The fraction of sp³-hybridized carbons (Fsp3) is 0.182. The van der Waals surface area contributed by atoms with Crippen LogP contribution in [0.15, 0.2) is 30.6 Å². The smallest absolute Gasteiger partial charge is 0.220 e. The van der Waals surface area contributed by atoms with Crippen LogP contribution in [0.25, 0.3) is 0 Å². The van der Waals surface area contributed by atoms with Crippen LogP contribution in [0.5, 0.6) is 0 Å². The highest BCUT2D eigenvalue weighted by atomic mass is 19.1. The molecule has 68 valence electrons. The first-order valence-electron chi connectivity index (χ1n) is 3.98. The Morgan fingerprint density at radius 3 is 2.46 bits per heavy atom. The van der Waals surface area contributed by atoms with E-state index in [1.807, 2.05) is 13.0 Å². The number of Topliss-reactive ketones (excluding diaryl/α,β-unsaturated/α-hetero) is 1. The van der Waals surface area contributed by atoms with Gasteiger partial charge in [-0.25, -0.2) is 4.39 Å². The number of carbonyl (C=O) groups excluding carboxylic acids is 1. The molecular formula is C11H11FO. The molecule has 0 unspecified atom stereocenters. The highest BCUT2D eigenvalue weighted by molar-refractivity contribution is 6.07. The van der Waals surface area contributed by atoms with Crippen molar-refractivity contribution in [3.63, 3.8) is 0 Å². The molecule has 0 spiro atoms. The lowest BCUT2D eigenvalue weighted by Gasteiger charge is -2.03. The second-order valence-corrected chi connectivity index (χ2v) is 3.05. The van der Waals surface area contributed by atoms with Crippen LogP contribution in [-0.2, 0) is 0 Å². The van der Waals surface area contributed by atoms with E-state index in [-0.39, 0.29) is 0 Å². The number of allylic oxidation sites excluding steroid dienone is 1. The van der Waals surface area contributed by atoms with Gasteiger partial charge < -0.3 is 0 Å². The molecule has 0 aliphatic heterocycles. The summed E-state index contributed by atoms with van der Waals surface area (Å²) in [4.78, 5) is 11.2. The van der Waals surface area contributed by atoms with Crippen LogP contribution in [0.3, 0.4) is 0 Å². The number of hydrogen-bond acceptors (Lipinski definition) is 1. The third-order valence-corrected chi connectivity index (χ3v) is 1.87. The molecule has 0 N–H and O–H groups in total. The molecule has 0 radical (unpaired) electrons. The van der Waals surface area contributed by atoms with Crippen molar-refractivity contribution in [2.24, 2.45) is 0 Å². The minimum absolute atomic E-state index is 0.387. The summed E-state index contributed by atoms with van der Waals surface area (Å²) in [5.74, 6) is -1.54. The zero-order chi connectivity index (χ0) is 10.0. The van der Waals surface area contributed by atoms with E-state index in [4.69, 9.17) is 0 Å². The van der Waals surface area contributed by atoms with E-state index in [2.05, 4.69) is 6.58 Å². The van der Waals surface area contributed by atoms with Crippen LogP contribution in [0, 0.1) is 13.8 Å². The molecule has 0 bridgehead atoms. The molecule has 0 aliphatic carbocycles. The molecule has 0 aliphatic rings. The molecule has 0 amide bonds. The molecule has 1 aromatic rings. The predicted molar refractivity (Wildman–Crippen MR) is 50.5 cm³/mol. The summed E-state index contributed by atoms with van der Waals surface area (Å²) in [7, 11) is 0. The van der Waals surface area contributed by atoms with Gasteiger partial charge in [-0.3, -0.25) is 4.79 Å². The maximum atomic E-state index is 12.5. The monoisotopic (exact) mass is 178 g/mol. The molecule has 0 fully saturated rings. The molecule has 2 heteroatoms. The first kappa shape index (κ1) is 9.65. The molecule has 13 heavy (non-hydrogen) atoms. The van der Waals surface area contributed by atoms with Crippen molar-refractivity contribution in [1.29, 1.82) is 0 Å². The van der Waals surface area contributed by atoms with Crippen LogP contribution in [-0.4, -0.2) is 5.78 Å². The first-order valence-corrected chi connectivity index (χ1v) is 3.98. The van der Waals surface area contributed by atoms with Crippen molar-refractivity contribution in [3.05, 3.63) is 47.3 Å². The average Bonchev–Trinajstić information content (AvgIpc) is 2.03. The number of halogens is 1. The predicted octanol–water partition coefficient (Wildman–Crippen LogP) is 2.97. The molecule has 0 aromatic heterocycles. The fourth-order valence-electron chi connectivity index (χ4n) is 1.21. The van der Waals surface area contributed by atoms with Crippen molar-refractivity contribution in [2.45, 2.75) is 13.8 Å². The summed E-state index contributed by atoms with van der Waals surface area (Å²) in [5, 5.41) is 0. The van der Waals surface area contributed by atoms with Gasteiger partial charge in [-0.05, 0) is 19.4 Å². The topological polar surface area (TPSA) is 17.1 Å². The van der Waals surface area contributed by atoms with E-state index < -0.39 is 11.6 Å². The number of benzene rings is 1. The van der Waals surface area contributed by atoms with E-state index in [0.29, 0.717) is 5.56 Å². The summed E-state index contributed by atoms with van der Waals surface area (Å²) in [5.41, 5.74) is 2.22. The third kappa shape index (κ3) is 2.02. The Morgan fingerprint density at radius 1 is 1.38 bits per heavy atom. The minimum Gasteiger partial charge on any atom is -0.286 e. The highest BCUT2D eigenvalue weighted by Crippen LogP contribution is 2.14. The zero-order valence-corrected chi connectivity index (χ0v) is 7.73. The van der Waals surface area contributed by atoms with Gasteiger partial charge in [0.15, 0.2) is 5.83 Å². The van der Waals surface area contributed by atoms with Gasteiger partial charge in [0.25, 0.3) is 0 Å². The number of ketones is 1. The Bertz CT molecular complexity index is 366. The SMILES string of the molecule is C=C(F)C(=O)c1ccc(C)cc1C. The van der Waals surface area contributed by atoms with Gasteiger partial charge in [-0.1, -0.05) is 30.3 Å². The maximum absolute atomic E-state index is 12.5. The summed E-state index contributed by atoms with van der Waals surface area (Å²) in [6, 6.07) is 5.25. The molecule has 0 atom stereocenters. The van der Waals surface area contributed by atoms with Gasteiger partial charge >= 0.3 is 0 Å². The Balaban J connectivity index is 3.16. The van der Waals surface area contributed by atoms with Gasteiger partial charge in [0.1, 0.15) is 0 Å². The van der Waals surface area contributed by atoms with Gasteiger partial charge in [-0.15, -0.1) is 0 Å². The molecule has 0 heterocycles. The van der Waals surface area contributed by atoms with Crippen LogP contribution in [0.2, 0.25) is 0 Å². The largest absolute Gasteiger partial charge is 0.286 e. The average molecular weight is 178 g/mol. The molecule has 0 saturated heterocycles. The summed E-state index contributed by atoms with van der Waals surface area (Å²) >= 11 is 0. The van der Waals surface area contributed by atoms with Crippen molar-refractivity contribution < 1.29 is 9.18 Å². The van der Waals surface area contributed by atoms with E-state index in [1.54, 1.807) is 19.1 Å². The molecule has 1 rings (SSSR count). The van der Waals surface area contributed by atoms with Crippen molar-refractivity contribution in [2.75, 3.05) is 0 Å². The third-order valence-electron chi connectivity index (χ3n) is 1.87. The normalized spacial score (nSPS) is 9.77. The Hall–Kier alpha value is -1.44. The van der Waals surface area contributed by atoms with Crippen LogP contribution in [0.4, 0.5) is 4.39 Å². The lowest BCUT2D eigenvalue weighted by Crippen LogP contribution is -2.01. The van der Waals surface area contributed by atoms with E-state index in [0.717, 1.165) is 11.1 Å². The minimum atomic E-state index is -0.910. The van der Waals surface area contributed by atoms with E-state index in [1.165, 1.54) is 0 Å². The van der Waals surface area contributed by atoms with Gasteiger partial charge in [-0.2, -0.15) is 0 Å².